The third kappa shape index (κ3) is 3.53. The molecule has 0 spiro atoms. The van der Waals surface area contributed by atoms with Gasteiger partial charge >= 0.3 is 6.03 Å². The number of urea groups is 1. The number of nitrogens with zero attached hydrogens (tertiary/aromatic N) is 2. The van der Waals surface area contributed by atoms with E-state index in [-0.39, 0.29) is 24.7 Å². The van der Waals surface area contributed by atoms with E-state index in [1.54, 1.807) is 4.90 Å². The third-order valence-electron chi connectivity index (χ3n) is 4.15. The molecule has 0 radical (unpaired) electrons. The Bertz CT molecular complexity index is 625. The molecule has 2 heterocycles. The van der Waals surface area contributed by atoms with Gasteiger partial charge in [-0.3, -0.25) is 14.5 Å². The van der Waals surface area contributed by atoms with Gasteiger partial charge in [-0.15, -0.1) is 0 Å². The first kappa shape index (κ1) is 16.4. The Morgan fingerprint density at radius 3 is 2.50 bits per heavy atom. The second-order valence-electron chi connectivity index (χ2n) is 5.73. The van der Waals surface area contributed by atoms with Gasteiger partial charge in [0, 0.05) is 13.1 Å². The first-order valence-electron chi connectivity index (χ1n) is 7.76. The van der Waals surface area contributed by atoms with Crippen molar-refractivity contribution in [3.05, 3.63) is 35.6 Å². The molecule has 128 valence electrons. The van der Waals surface area contributed by atoms with Crippen molar-refractivity contribution in [3.63, 3.8) is 0 Å². The van der Waals surface area contributed by atoms with E-state index in [1.807, 2.05) is 0 Å². The van der Waals surface area contributed by atoms with Crippen LogP contribution in [0.1, 0.15) is 18.0 Å². The number of ether oxygens (including phenoxy) is 1. The maximum atomic E-state index is 13.0. The van der Waals surface area contributed by atoms with Gasteiger partial charge in [0.2, 0.25) is 11.8 Å². The van der Waals surface area contributed by atoms with Crippen molar-refractivity contribution in [2.24, 2.45) is 0 Å². The molecular weight excluding hydrogens is 317 g/mol. The number of nitrogens with one attached hydrogen (secondary N) is 1. The Hall–Kier alpha value is -2.48. The molecule has 0 aromatic heterocycles. The normalized spacial score (nSPS) is 21.6. The second kappa shape index (κ2) is 6.96. The summed E-state index contributed by atoms with van der Waals surface area (Å²) in [5.74, 6) is -1.08. The summed E-state index contributed by atoms with van der Waals surface area (Å²) in [5.41, 5.74) is 0.650. The molecule has 2 saturated heterocycles. The molecule has 2 aliphatic rings. The fourth-order valence-corrected chi connectivity index (χ4v) is 2.78. The Kier molecular flexibility index (Phi) is 4.75. The highest BCUT2D eigenvalue weighted by atomic mass is 19.1. The van der Waals surface area contributed by atoms with Gasteiger partial charge in [-0.1, -0.05) is 12.1 Å². The molecule has 1 unspecified atom stereocenters. The van der Waals surface area contributed by atoms with Crippen LogP contribution in [0.5, 0.6) is 0 Å². The van der Waals surface area contributed by atoms with Crippen molar-refractivity contribution in [2.75, 3.05) is 32.8 Å². The Balaban J connectivity index is 1.63. The van der Waals surface area contributed by atoms with Crippen LogP contribution in [0.3, 0.4) is 0 Å². The highest BCUT2D eigenvalue weighted by molar-refractivity contribution is 6.00. The summed E-state index contributed by atoms with van der Waals surface area (Å²) in [6, 6.07) is 4.49. The van der Waals surface area contributed by atoms with Crippen molar-refractivity contribution in [1.29, 1.82) is 0 Å². The molecule has 0 aliphatic carbocycles. The lowest BCUT2D eigenvalue weighted by Crippen LogP contribution is -2.55. The van der Waals surface area contributed by atoms with Crippen LogP contribution in [0.25, 0.3) is 0 Å². The second-order valence-corrected chi connectivity index (χ2v) is 5.73. The SMILES string of the molecule is O=C(CN1C(=O)CC(c2ccc(F)cc2)NC1=O)N1CCOCC1. The van der Waals surface area contributed by atoms with Gasteiger partial charge < -0.3 is 15.0 Å². The number of rotatable bonds is 3. The molecule has 2 aliphatic heterocycles. The zero-order valence-electron chi connectivity index (χ0n) is 13.0. The van der Waals surface area contributed by atoms with Gasteiger partial charge in [-0.2, -0.15) is 0 Å². The van der Waals surface area contributed by atoms with E-state index < -0.39 is 18.0 Å². The number of carbonyl (C=O) groups is 3. The quantitative estimate of drug-likeness (QED) is 0.880. The van der Waals surface area contributed by atoms with Gasteiger partial charge in [0.15, 0.2) is 0 Å². The van der Waals surface area contributed by atoms with E-state index in [4.69, 9.17) is 4.74 Å². The number of hydrogen-bond acceptors (Lipinski definition) is 4. The minimum absolute atomic E-state index is 0.0355. The fourth-order valence-electron chi connectivity index (χ4n) is 2.78. The Morgan fingerprint density at radius 2 is 1.88 bits per heavy atom. The molecule has 1 aromatic carbocycles. The van der Waals surface area contributed by atoms with Crippen molar-refractivity contribution in [2.45, 2.75) is 12.5 Å². The molecule has 1 atom stereocenters. The smallest absolute Gasteiger partial charge is 0.325 e. The lowest BCUT2D eigenvalue weighted by atomic mass is 10.0. The number of hydrogen-bond donors (Lipinski definition) is 1. The summed E-state index contributed by atoms with van der Waals surface area (Å²) >= 11 is 0. The Morgan fingerprint density at radius 1 is 1.21 bits per heavy atom. The average molecular weight is 335 g/mol. The standard InChI is InChI=1S/C16H18FN3O4/c17-12-3-1-11(2-4-12)13-9-14(21)20(16(23)18-13)10-15(22)19-5-7-24-8-6-19/h1-4,13H,5-10H2,(H,18,23). The summed E-state index contributed by atoms with van der Waals surface area (Å²) in [7, 11) is 0. The van der Waals surface area contributed by atoms with Gasteiger partial charge in [0.05, 0.1) is 25.7 Å². The van der Waals surface area contributed by atoms with Crippen LogP contribution in [0.4, 0.5) is 9.18 Å². The molecule has 2 fully saturated rings. The van der Waals surface area contributed by atoms with Crippen molar-refractivity contribution in [1.82, 2.24) is 15.1 Å². The van der Waals surface area contributed by atoms with Crippen LogP contribution in [0.15, 0.2) is 24.3 Å². The Labute approximate surface area is 138 Å². The molecule has 8 heteroatoms. The molecule has 0 saturated carbocycles. The first-order chi connectivity index (χ1) is 11.5. The molecule has 4 amide bonds. The van der Waals surface area contributed by atoms with Crippen molar-refractivity contribution in [3.8, 4) is 0 Å². The monoisotopic (exact) mass is 335 g/mol. The lowest BCUT2D eigenvalue weighted by Gasteiger charge is -2.33. The minimum atomic E-state index is -0.609. The van der Waals surface area contributed by atoms with Gasteiger partial charge in [0.25, 0.3) is 0 Å². The van der Waals surface area contributed by atoms with E-state index in [0.717, 1.165) is 4.90 Å². The van der Waals surface area contributed by atoms with Crippen LogP contribution < -0.4 is 5.32 Å². The molecule has 24 heavy (non-hydrogen) atoms. The van der Waals surface area contributed by atoms with Crippen LogP contribution in [-0.4, -0.2) is 60.5 Å². The van der Waals surface area contributed by atoms with Crippen LogP contribution in [-0.2, 0) is 14.3 Å². The van der Waals surface area contributed by atoms with Crippen molar-refractivity contribution >= 4 is 17.8 Å². The summed E-state index contributed by atoms with van der Waals surface area (Å²) in [6.07, 6.45) is 0.0355. The zero-order valence-corrected chi connectivity index (χ0v) is 13.0. The molecule has 1 N–H and O–H groups in total. The molecule has 0 bridgehead atoms. The first-order valence-corrected chi connectivity index (χ1v) is 7.76. The van der Waals surface area contributed by atoms with Gasteiger partial charge in [0.1, 0.15) is 12.4 Å². The van der Waals surface area contributed by atoms with Crippen LogP contribution >= 0.6 is 0 Å². The zero-order chi connectivity index (χ0) is 17.1. The summed E-state index contributed by atoms with van der Waals surface area (Å²) in [4.78, 5) is 39.2. The molecular formula is C16H18FN3O4. The number of imide groups is 1. The molecule has 1 aromatic rings. The largest absolute Gasteiger partial charge is 0.378 e. The fraction of sp³-hybridized carbons (Fsp3) is 0.438. The summed E-state index contributed by atoms with van der Waals surface area (Å²) in [6.45, 7) is 1.55. The van der Waals surface area contributed by atoms with E-state index in [9.17, 15) is 18.8 Å². The third-order valence-corrected chi connectivity index (χ3v) is 4.15. The molecule has 3 rings (SSSR count). The summed E-state index contributed by atoms with van der Waals surface area (Å²) in [5, 5.41) is 2.69. The van der Waals surface area contributed by atoms with E-state index >= 15 is 0 Å². The predicted molar refractivity (Wildman–Crippen MR) is 81.4 cm³/mol. The summed E-state index contributed by atoms with van der Waals surface area (Å²) < 4.78 is 18.1. The van der Waals surface area contributed by atoms with Gasteiger partial charge in [-0.25, -0.2) is 9.18 Å². The maximum Gasteiger partial charge on any atom is 0.325 e. The van der Waals surface area contributed by atoms with Crippen LogP contribution in [0.2, 0.25) is 0 Å². The predicted octanol–water partition coefficient (Wildman–Crippen LogP) is 0.667. The highest BCUT2D eigenvalue weighted by Gasteiger charge is 2.34. The van der Waals surface area contributed by atoms with Gasteiger partial charge in [-0.05, 0) is 17.7 Å². The van der Waals surface area contributed by atoms with E-state index in [1.165, 1.54) is 24.3 Å². The highest BCUT2D eigenvalue weighted by Crippen LogP contribution is 2.22. The average Bonchev–Trinajstić information content (AvgIpc) is 2.59. The van der Waals surface area contributed by atoms with Crippen molar-refractivity contribution < 1.29 is 23.5 Å². The van der Waals surface area contributed by atoms with E-state index in [2.05, 4.69) is 5.32 Å². The van der Waals surface area contributed by atoms with E-state index in [0.29, 0.717) is 31.9 Å². The number of halogens is 1. The van der Waals surface area contributed by atoms with Crippen LogP contribution in [0, 0.1) is 5.82 Å². The minimum Gasteiger partial charge on any atom is -0.378 e. The number of benzene rings is 1. The topological polar surface area (TPSA) is 79.0 Å². The molecule has 7 nitrogen and oxygen atoms in total. The number of carbonyl (C=O) groups excluding carboxylic acids is 3. The number of morpholine rings is 1. The number of amides is 4. The lowest BCUT2D eigenvalue weighted by molar-refractivity contribution is -0.141. The maximum absolute atomic E-state index is 13.0.